The number of benzene rings is 3. The maximum absolute atomic E-state index is 13.1. The summed E-state index contributed by atoms with van der Waals surface area (Å²) in [5, 5.41) is 2.98. The van der Waals surface area contributed by atoms with Gasteiger partial charge in [-0.05, 0) is 55.3 Å². The summed E-state index contributed by atoms with van der Waals surface area (Å²) in [5.74, 6) is -0.768. The molecule has 2 heterocycles. The van der Waals surface area contributed by atoms with Gasteiger partial charge in [0.15, 0.2) is 0 Å². The lowest BCUT2D eigenvalue weighted by Gasteiger charge is -2.24. The van der Waals surface area contributed by atoms with Gasteiger partial charge in [0.25, 0.3) is 11.8 Å². The zero-order valence-corrected chi connectivity index (χ0v) is 17.5. The Morgan fingerprint density at radius 3 is 2.28 bits per heavy atom. The van der Waals surface area contributed by atoms with E-state index in [2.05, 4.69) is 22.3 Å². The molecule has 0 spiro atoms. The van der Waals surface area contributed by atoms with E-state index in [0.29, 0.717) is 22.5 Å². The molecule has 0 bridgehead atoms. The maximum atomic E-state index is 13.1. The van der Waals surface area contributed by atoms with Crippen molar-refractivity contribution in [3.05, 3.63) is 95.6 Å². The van der Waals surface area contributed by atoms with Crippen LogP contribution in [0.15, 0.2) is 78.9 Å². The molecule has 160 valence electrons. The van der Waals surface area contributed by atoms with Crippen LogP contribution in [0.2, 0.25) is 0 Å². The maximum Gasteiger partial charge on any atom is 0.266 e. The number of hydrogen-bond acceptors (Lipinski definition) is 4. The van der Waals surface area contributed by atoms with E-state index in [1.54, 1.807) is 48.5 Å². The van der Waals surface area contributed by atoms with Gasteiger partial charge in [-0.1, -0.05) is 48.5 Å². The van der Waals surface area contributed by atoms with Crippen molar-refractivity contribution in [1.82, 2.24) is 4.90 Å². The van der Waals surface area contributed by atoms with E-state index in [4.69, 9.17) is 0 Å². The molecule has 1 unspecified atom stereocenters. The normalized spacial score (nSPS) is 18.1. The zero-order chi connectivity index (χ0) is 22.1. The van der Waals surface area contributed by atoms with Crippen LogP contribution in [0.5, 0.6) is 0 Å². The van der Waals surface area contributed by atoms with Crippen LogP contribution in [0, 0.1) is 0 Å². The van der Waals surface area contributed by atoms with E-state index >= 15 is 0 Å². The van der Waals surface area contributed by atoms with Crippen LogP contribution in [-0.4, -0.2) is 35.2 Å². The first kappa shape index (κ1) is 20.2. The number of imide groups is 1. The fraction of sp³-hybridized carbons (Fsp3) is 0.192. The van der Waals surface area contributed by atoms with Crippen LogP contribution in [-0.2, 0) is 11.3 Å². The molecule has 3 aromatic rings. The van der Waals surface area contributed by atoms with Gasteiger partial charge >= 0.3 is 0 Å². The van der Waals surface area contributed by atoms with Crippen molar-refractivity contribution in [1.29, 1.82) is 0 Å². The second-order valence-corrected chi connectivity index (χ2v) is 8.14. The monoisotopic (exact) mass is 425 g/mol. The van der Waals surface area contributed by atoms with E-state index in [1.807, 2.05) is 18.2 Å². The fourth-order valence-electron chi connectivity index (χ4n) is 4.50. The van der Waals surface area contributed by atoms with Gasteiger partial charge in [0, 0.05) is 12.2 Å². The quantitative estimate of drug-likeness (QED) is 0.625. The molecule has 0 saturated carbocycles. The highest BCUT2D eigenvalue weighted by Crippen LogP contribution is 2.30. The molecule has 1 saturated heterocycles. The number of amides is 3. The number of fused-ring (bicyclic) bond motifs is 1. The molecule has 1 fully saturated rings. The van der Waals surface area contributed by atoms with E-state index in [0.717, 1.165) is 30.8 Å². The number of carbonyl (C=O) groups excluding carboxylic acids is 3. The Kier molecular flexibility index (Phi) is 5.29. The number of likely N-dealkylation sites (tertiary alicyclic amines) is 1. The lowest BCUT2D eigenvalue weighted by molar-refractivity contribution is -0.120. The van der Waals surface area contributed by atoms with Gasteiger partial charge < -0.3 is 5.32 Å². The van der Waals surface area contributed by atoms with Crippen LogP contribution in [0.1, 0.15) is 39.1 Å². The predicted octanol–water partition coefficient (Wildman–Crippen LogP) is 4.09. The number of hydrogen-bond donors (Lipinski definition) is 1. The predicted molar refractivity (Wildman–Crippen MR) is 123 cm³/mol. The standard InChI is InChI=1S/C26H23N3O3/c30-24(23-14-7-15-28(23)17-18-8-2-1-3-9-18)27-19-10-6-11-20(16-19)29-25(31)21-12-4-5-13-22(21)26(29)32/h1-6,8-13,16,23H,7,14-15,17H2,(H,27,30). The Balaban J connectivity index is 1.32. The summed E-state index contributed by atoms with van der Waals surface area (Å²) in [6.45, 7) is 1.61. The minimum Gasteiger partial charge on any atom is -0.325 e. The highest BCUT2D eigenvalue weighted by atomic mass is 16.2. The Labute approximate surface area is 186 Å². The summed E-state index contributed by atoms with van der Waals surface area (Å²) in [5.41, 5.74) is 2.99. The van der Waals surface area contributed by atoms with Crippen molar-refractivity contribution in [2.45, 2.75) is 25.4 Å². The Morgan fingerprint density at radius 2 is 1.56 bits per heavy atom. The molecule has 0 aliphatic carbocycles. The van der Waals surface area contributed by atoms with Crippen LogP contribution in [0.3, 0.4) is 0 Å². The first-order valence-electron chi connectivity index (χ1n) is 10.8. The number of rotatable bonds is 5. The van der Waals surface area contributed by atoms with Crippen molar-refractivity contribution in [2.75, 3.05) is 16.8 Å². The smallest absolute Gasteiger partial charge is 0.266 e. The van der Waals surface area contributed by atoms with E-state index in [1.165, 1.54) is 5.56 Å². The van der Waals surface area contributed by atoms with Crippen LogP contribution < -0.4 is 10.2 Å². The third-order valence-corrected chi connectivity index (χ3v) is 6.06. The molecular formula is C26H23N3O3. The molecule has 3 aromatic carbocycles. The molecule has 3 amide bonds. The number of nitrogens with zero attached hydrogens (tertiary/aromatic N) is 2. The van der Waals surface area contributed by atoms with Gasteiger partial charge in [0.05, 0.1) is 22.9 Å². The Morgan fingerprint density at radius 1 is 0.875 bits per heavy atom. The topological polar surface area (TPSA) is 69.7 Å². The lowest BCUT2D eigenvalue weighted by atomic mass is 10.1. The summed E-state index contributed by atoms with van der Waals surface area (Å²) >= 11 is 0. The number of carbonyl (C=O) groups is 3. The van der Waals surface area contributed by atoms with Gasteiger partial charge in [-0.15, -0.1) is 0 Å². The second kappa shape index (κ2) is 8.40. The van der Waals surface area contributed by atoms with Crippen LogP contribution >= 0.6 is 0 Å². The molecule has 0 aromatic heterocycles. The van der Waals surface area contributed by atoms with E-state index in [-0.39, 0.29) is 23.8 Å². The van der Waals surface area contributed by atoms with Crippen LogP contribution in [0.25, 0.3) is 0 Å². The molecule has 0 radical (unpaired) electrons. The molecule has 2 aliphatic rings. The van der Waals surface area contributed by atoms with Gasteiger partial charge in [-0.25, -0.2) is 4.90 Å². The Hall–Kier alpha value is -3.77. The summed E-state index contributed by atoms with van der Waals surface area (Å²) in [6, 6.07) is 23.6. The molecule has 5 rings (SSSR count). The van der Waals surface area contributed by atoms with Gasteiger partial charge in [0.1, 0.15) is 0 Å². The summed E-state index contributed by atoms with van der Waals surface area (Å²) in [6.07, 6.45) is 1.77. The van der Waals surface area contributed by atoms with E-state index < -0.39 is 0 Å². The zero-order valence-electron chi connectivity index (χ0n) is 17.5. The van der Waals surface area contributed by atoms with E-state index in [9.17, 15) is 14.4 Å². The van der Waals surface area contributed by atoms with Crippen LogP contribution in [0.4, 0.5) is 11.4 Å². The molecule has 1 atom stereocenters. The molecular weight excluding hydrogens is 402 g/mol. The van der Waals surface area contributed by atoms with Crippen molar-refractivity contribution >= 4 is 29.1 Å². The first-order chi connectivity index (χ1) is 15.6. The number of nitrogens with one attached hydrogen (secondary N) is 1. The summed E-state index contributed by atoms with van der Waals surface area (Å²) < 4.78 is 0. The molecule has 6 nitrogen and oxygen atoms in total. The molecule has 6 heteroatoms. The highest BCUT2D eigenvalue weighted by molar-refractivity contribution is 6.34. The third kappa shape index (κ3) is 3.69. The SMILES string of the molecule is O=C(Nc1cccc(N2C(=O)c3ccccc3C2=O)c1)C1CCCN1Cc1ccccc1. The second-order valence-electron chi connectivity index (χ2n) is 8.14. The van der Waals surface area contributed by atoms with Crippen molar-refractivity contribution in [3.63, 3.8) is 0 Å². The molecule has 32 heavy (non-hydrogen) atoms. The number of anilines is 2. The van der Waals surface area contributed by atoms with Gasteiger partial charge in [-0.3, -0.25) is 19.3 Å². The summed E-state index contributed by atoms with van der Waals surface area (Å²) in [4.78, 5) is 42.0. The average molecular weight is 425 g/mol. The fourth-order valence-corrected chi connectivity index (χ4v) is 4.50. The average Bonchev–Trinajstić information content (AvgIpc) is 3.37. The van der Waals surface area contributed by atoms with Gasteiger partial charge in [-0.2, -0.15) is 0 Å². The van der Waals surface area contributed by atoms with Gasteiger partial charge in [0.2, 0.25) is 5.91 Å². The third-order valence-electron chi connectivity index (χ3n) is 6.06. The first-order valence-corrected chi connectivity index (χ1v) is 10.8. The summed E-state index contributed by atoms with van der Waals surface area (Å²) in [7, 11) is 0. The van der Waals surface area contributed by atoms with Crippen molar-refractivity contribution in [3.8, 4) is 0 Å². The largest absolute Gasteiger partial charge is 0.325 e. The molecule has 2 aliphatic heterocycles. The lowest BCUT2D eigenvalue weighted by Crippen LogP contribution is -2.39. The highest BCUT2D eigenvalue weighted by Gasteiger charge is 2.36. The van der Waals surface area contributed by atoms with Crippen molar-refractivity contribution in [2.24, 2.45) is 0 Å². The molecule has 1 N–H and O–H groups in total. The minimum absolute atomic E-state index is 0.0713. The Bertz CT molecular complexity index is 1160. The minimum atomic E-state index is -0.348. The van der Waals surface area contributed by atoms with Crippen molar-refractivity contribution < 1.29 is 14.4 Å².